The highest BCUT2D eigenvalue weighted by Crippen LogP contribution is 2.19. The molecule has 0 atom stereocenters. The normalized spacial score (nSPS) is 14.9. The second-order valence-electron chi connectivity index (χ2n) is 7.27. The first-order valence-electron chi connectivity index (χ1n) is 10.8. The minimum absolute atomic E-state index is 0. The molecule has 1 N–H and O–H groups in total. The van der Waals surface area contributed by atoms with Gasteiger partial charge in [0.15, 0.2) is 5.96 Å². The van der Waals surface area contributed by atoms with E-state index in [1.807, 2.05) is 6.92 Å². The molecule has 3 heterocycles. The van der Waals surface area contributed by atoms with E-state index >= 15 is 0 Å². The van der Waals surface area contributed by atoms with Gasteiger partial charge in [0, 0.05) is 50.4 Å². The summed E-state index contributed by atoms with van der Waals surface area (Å²) >= 11 is 1.77. The van der Waals surface area contributed by atoms with Crippen molar-refractivity contribution in [1.29, 1.82) is 0 Å². The molecule has 0 aliphatic carbocycles. The van der Waals surface area contributed by atoms with Crippen LogP contribution in [0.2, 0.25) is 0 Å². The summed E-state index contributed by atoms with van der Waals surface area (Å²) in [6.45, 7) is 8.28. The van der Waals surface area contributed by atoms with Crippen LogP contribution in [0.4, 0.5) is 0 Å². The van der Waals surface area contributed by atoms with Crippen molar-refractivity contribution >= 4 is 47.2 Å². The molecule has 0 spiro atoms. The molecule has 0 radical (unpaired) electrons. The molecule has 0 bridgehead atoms. The molecule has 1 aliphatic heterocycles. The average molecular weight is 561 g/mol. The van der Waals surface area contributed by atoms with Crippen LogP contribution in [0, 0.1) is 5.92 Å². The molecule has 8 nitrogen and oxygen atoms in total. The minimum Gasteiger partial charge on any atom is -0.466 e. The van der Waals surface area contributed by atoms with Crippen LogP contribution >= 0.6 is 35.3 Å². The topological polar surface area (TPSA) is 84.6 Å². The van der Waals surface area contributed by atoms with Gasteiger partial charge in [-0.2, -0.15) is 0 Å². The van der Waals surface area contributed by atoms with Crippen LogP contribution in [0.5, 0.6) is 0 Å². The number of aromatic nitrogens is 3. The summed E-state index contributed by atoms with van der Waals surface area (Å²) in [6, 6.07) is 4.23. The highest BCUT2D eigenvalue weighted by Gasteiger charge is 2.27. The number of esters is 1. The van der Waals surface area contributed by atoms with Crippen molar-refractivity contribution in [1.82, 2.24) is 25.0 Å². The SMILES string of the molecule is CCOC(=O)C1CCN(C(=NCCc2cccs2)NCCn2cnnc2CC)CC1.I. The number of nitrogens with one attached hydrogen (secondary N) is 1. The van der Waals surface area contributed by atoms with E-state index < -0.39 is 0 Å². The first-order chi connectivity index (χ1) is 14.7. The number of thiophene rings is 1. The van der Waals surface area contributed by atoms with E-state index in [1.165, 1.54) is 4.88 Å². The van der Waals surface area contributed by atoms with Gasteiger partial charge in [0.1, 0.15) is 12.2 Å². The molecule has 31 heavy (non-hydrogen) atoms. The van der Waals surface area contributed by atoms with Gasteiger partial charge in [0.05, 0.1) is 12.5 Å². The first kappa shape index (κ1) is 25.6. The van der Waals surface area contributed by atoms with Crippen LogP contribution in [0.25, 0.3) is 0 Å². The molecule has 10 heteroatoms. The third-order valence-corrected chi connectivity index (χ3v) is 6.20. The lowest BCUT2D eigenvalue weighted by Gasteiger charge is -2.33. The number of aliphatic imine (C=N–C) groups is 1. The number of halogens is 1. The summed E-state index contributed by atoms with van der Waals surface area (Å²) in [6.07, 6.45) is 5.18. The number of hydrogen-bond acceptors (Lipinski definition) is 6. The monoisotopic (exact) mass is 560 g/mol. The number of guanidine groups is 1. The average Bonchev–Trinajstić information content (AvgIpc) is 3.45. The van der Waals surface area contributed by atoms with Crippen molar-refractivity contribution in [3.8, 4) is 0 Å². The van der Waals surface area contributed by atoms with Crippen LogP contribution in [0.1, 0.15) is 37.4 Å². The number of ether oxygens (including phenoxy) is 1. The fourth-order valence-corrected chi connectivity index (χ4v) is 4.31. The molecule has 0 aromatic carbocycles. The molecule has 0 saturated carbocycles. The lowest BCUT2D eigenvalue weighted by molar-refractivity contribution is -0.149. The maximum atomic E-state index is 12.0. The predicted octanol–water partition coefficient (Wildman–Crippen LogP) is 2.98. The Morgan fingerprint density at radius 3 is 2.84 bits per heavy atom. The Morgan fingerprint density at radius 2 is 2.16 bits per heavy atom. The number of carbonyl (C=O) groups is 1. The summed E-state index contributed by atoms with van der Waals surface area (Å²) < 4.78 is 7.27. The van der Waals surface area contributed by atoms with Crippen LogP contribution < -0.4 is 5.32 Å². The Kier molecular flexibility index (Phi) is 11.3. The van der Waals surface area contributed by atoms with Crippen molar-refractivity contribution in [3.63, 3.8) is 0 Å². The molecule has 1 saturated heterocycles. The maximum Gasteiger partial charge on any atom is 0.309 e. The van der Waals surface area contributed by atoms with Gasteiger partial charge in [0.2, 0.25) is 0 Å². The van der Waals surface area contributed by atoms with Crippen molar-refractivity contribution in [3.05, 3.63) is 34.5 Å². The molecule has 0 unspecified atom stereocenters. The Bertz CT molecular complexity index is 803. The molecule has 172 valence electrons. The largest absolute Gasteiger partial charge is 0.466 e. The van der Waals surface area contributed by atoms with Gasteiger partial charge in [-0.05, 0) is 31.2 Å². The van der Waals surface area contributed by atoms with E-state index in [4.69, 9.17) is 9.73 Å². The van der Waals surface area contributed by atoms with Crippen molar-refractivity contribution in [2.24, 2.45) is 10.9 Å². The molecular formula is C21H33IN6O2S. The van der Waals surface area contributed by atoms with Crippen molar-refractivity contribution in [2.45, 2.75) is 46.1 Å². The maximum absolute atomic E-state index is 12.0. The smallest absolute Gasteiger partial charge is 0.309 e. The summed E-state index contributed by atoms with van der Waals surface area (Å²) in [7, 11) is 0. The van der Waals surface area contributed by atoms with Crippen LogP contribution in [-0.4, -0.2) is 64.4 Å². The summed E-state index contributed by atoms with van der Waals surface area (Å²) in [4.78, 5) is 20.5. The van der Waals surface area contributed by atoms with Crippen LogP contribution in [-0.2, 0) is 28.9 Å². The van der Waals surface area contributed by atoms with E-state index in [2.05, 4.69) is 49.4 Å². The standard InChI is InChI=1S/C21H32N6O2S.HI/c1-3-19-25-24-16-27(19)14-11-23-21(22-10-7-18-6-5-15-30-18)26-12-8-17(9-13-26)20(28)29-4-2;/h5-6,15-17H,3-4,7-14H2,1-2H3,(H,22,23);1H. The molecule has 2 aromatic rings. The second-order valence-corrected chi connectivity index (χ2v) is 8.30. The zero-order valence-corrected chi connectivity index (χ0v) is 21.5. The minimum atomic E-state index is -0.0685. The molecule has 3 rings (SSSR count). The number of nitrogens with zero attached hydrogens (tertiary/aromatic N) is 5. The van der Waals surface area contributed by atoms with E-state index in [0.29, 0.717) is 6.61 Å². The Hall–Kier alpha value is -1.69. The van der Waals surface area contributed by atoms with Gasteiger partial charge < -0.3 is 19.5 Å². The van der Waals surface area contributed by atoms with Gasteiger partial charge >= 0.3 is 5.97 Å². The summed E-state index contributed by atoms with van der Waals surface area (Å²) in [5, 5.41) is 13.8. The molecule has 2 aromatic heterocycles. The summed E-state index contributed by atoms with van der Waals surface area (Å²) in [5.74, 6) is 1.84. The quantitative estimate of drug-likeness (QED) is 0.220. The lowest BCUT2D eigenvalue weighted by Crippen LogP contribution is -2.47. The number of carbonyl (C=O) groups excluding carboxylic acids is 1. The van der Waals surface area contributed by atoms with Gasteiger partial charge in [-0.25, -0.2) is 0 Å². The molecule has 1 fully saturated rings. The van der Waals surface area contributed by atoms with E-state index in [-0.39, 0.29) is 35.9 Å². The zero-order chi connectivity index (χ0) is 21.2. The fraction of sp³-hybridized carbons (Fsp3) is 0.619. The lowest BCUT2D eigenvalue weighted by atomic mass is 9.97. The summed E-state index contributed by atoms with van der Waals surface area (Å²) in [5.41, 5.74) is 0. The Balaban J connectivity index is 0.00000341. The van der Waals surface area contributed by atoms with Gasteiger partial charge in [-0.3, -0.25) is 9.79 Å². The van der Waals surface area contributed by atoms with Crippen molar-refractivity contribution < 1.29 is 9.53 Å². The van der Waals surface area contributed by atoms with Gasteiger partial charge in [0.25, 0.3) is 0 Å². The Labute approximate surface area is 205 Å². The highest BCUT2D eigenvalue weighted by molar-refractivity contribution is 14.0. The van der Waals surface area contributed by atoms with Gasteiger partial charge in [-0.1, -0.05) is 13.0 Å². The zero-order valence-electron chi connectivity index (χ0n) is 18.3. The van der Waals surface area contributed by atoms with E-state index in [0.717, 1.165) is 70.2 Å². The molecular weight excluding hydrogens is 527 g/mol. The molecule has 1 aliphatic rings. The van der Waals surface area contributed by atoms with Gasteiger partial charge in [-0.15, -0.1) is 45.5 Å². The third kappa shape index (κ3) is 7.74. The number of likely N-dealkylation sites (tertiary alicyclic amines) is 1. The number of piperidine rings is 1. The van der Waals surface area contributed by atoms with Crippen LogP contribution in [0.15, 0.2) is 28.8 Å². The van der Waals surface area contributed by atoms with E-state index in [1.54, 1.807) is 17.7 Å². The predicted molar refractivity (Wildman–Crippen MR) is 134 cm³/mol. The second kappa shape index (κ2) is 13.7. The first-order valence-corrected chi connectivity index (χ1v) is 11.7. The highest BCUT2D eigenvalue weighted by atomic mass is 127. The molecule has 0 amide bonds. The fourth-order valence-electron chi connectivity index (χ4n) is 3.61. The number of hydrogen-bond donors (Lipinski definition) is 1. The Morgan fingerprint density at radius 1 is 1.35 bits per heavy atom. The van der Waals surface area contributed by atoms with E-state index in [9.17, 15) is 4.79 Å². The van der Waals surface area contributed by atoms with Crippen molar-refractivity contribution in [2.75, 3.05) is 32.8 Å². The third-order valence-electron chi connectivity index (χ3n) is 5.26. The number of aryl methyl sites for hydroxylation is 1. The number of rotatable bonds is 9. The van der Waals surface area contributed by atoms with Crippen LogP contribution in [0.3, 0.4) is 0 Å².